The van der Waals surface area contributed by atoms with Gasteiger partial charge in [0, 0.05) is 23.4 Å². The SMILES string of the molecule is CC(=O)c1ccc(NC(=O)CN(c2cccc([N+](=O)[O-])c2)S(=O)(=O)c2ccccc2)cc1. The number of ketones is 1. The van der Waals surface area contributed by atoms with Gasteiger partial charge in [-0.1, -0.05) is 24.3 Å². The zero-order valence-corrected chi connectivity index (χ0v) is 17.8. The van der Waals surface area contributed by atoms with Crippen LogP contribution in [0.15, 0.2) is 83.8 Å². The highest BCUT2D eigenvalue weighted by Gasteiger charge is 2.28. The van der Waals surface area contributed by atoms with E-state index in [-0.39, 0.29) is 22.1 Å². The summed E-state index contributed by atoms with van der Waals surface area (Å²) in [6, 6.07) is 18.6. The molecule has 1 amide bonds. The number of hydrogen-bond acceptors (Lipinski definition) is 6. The molecule has 0 saturated heterocycles. The highest BCUT2D eigenvalue weighted by atomic mass is 32.2. The molecule has 0 fully saturated rings. The van der Waals surface area contributed by atoms with Crippen molar-refractivity contribution in [2.75, 3.05) is 16.2 Å². The summed E-state index contributed by atoms with van der Waals surface area (Å²) in [5.74, 6) is -0.791. The zero-order chi connectivity index (χ0) is 23.3. The first-order chi connectivity index (χ1) is 15.2. The monoisotopic (exact) mass is 453 g/mol. The standard InChI is InChI=1S/C22H19N3O6S/c1-16(26)17-10-12-18(13-11-17)23-22(27)15-24(19-6-5-7-20(14-19)25(28)29)32(30,31)21-8-3-2-4-9-21/h2-14H,15H2,1H3,(H,23,27). The maximum Gasteiger partial charge on any atom is 0.271 e. The molecule has 0 atom stereocenters. The number of amides is 1. The van der Waals surface area contributed by atoms with Gasteiger partial charge in [0.05, 0.1) is 15.5 Å². The van der Waals surface area contributed by atoms with E-state index in [1.54, 1.807) is 6.07 Å². The van der Waals surface area contributed by atoms with Crippen molar-refractivity contribution in [3.8, 4) is 0 Å². The molecule has 1 N–H and O–H groups in total. The summed E-state index contributed by atoms with van der Waals surface area (Å²) >= 11 is 0. The average molecular weight is 453 g/mol. The van der Waals surface area contributed by atoms with Crippen molar-refractivity contribution in [2.24, 2.45) is 0 Å². The first-order valence-corrected chi connectivity index (χ1v) is 10.9. The summed E-state index contributed by atoms with van der Waals surface area (Å²) in [6.07, 6.45) is 0. The number of anilines is 2. The van der Waals surface area contributed by atoms with Gasteiger partial charge in [0.15, 0.2) is 5.78 Å². The molecule has 0 radical (unpaired) electrons. The van der Waals surface area contributed by atoms with Crippen molar-refractivity contribution in [1.29, 1.82) is 0 Å². The van der Waals surface area contributed by atoms with Crippen molar-refractivity contribution in [3.63, 3.8) is 0 Å². The van der Waals surface area contributed by atoms with Gasteiger partial charge in [-0.3, -0.25) is 24.0 Å². The fourth-order valence-corrected chi connectivity index (χ4v) is 4.35. The molecule has 0 aliphatic rings. The molecular formula is C22H19N3O6S. The molecule has 9 nitrogen and oxygen atoms in total. The molecular weight excluding hydrogens is 434 g/mol. The first kappa shape index (κ1) is 22.6. The van der Waals surface area contributed by atoms with Crippen molar-refractivity contribution in [3.05, 3.63) is 94.5 Å². The Morgan fingerprint density at radius 3 is 2.22 bits per heavy atom. The number of benzene rings is 3. The van der Waals surface area contributed by atoms with Crippen LogP contribution in [-0.4, -0.2) is 31.6 Å². The van der Waals surface area contributed by atoms with Gasteiger partial charge in [-0.25, -0.2) is 8.42 Å². The number of sulfonamides is 1. The van der Waals surface area contributed by atoms with E-state index in [0.29, 0.717) is 11.3 Å². The molecule has 0 saturated carbocycles. The van der Waals surface area contributed by atoms with Crippen molar-refractivity contribution in [2.45, 2.75) is 11.8 Å². The second-order valence-electron chi connectivity index (χ2n) is 6.78. The Bertz CT molecular complexity index is 1260. The molecule has 3 rings (SSSR count). The number of carbonyl (C=O) groups is 2. The lowest BCUT2D eigenvalue weighted by Gasteiger charge is -2.24. The Morgan fingerprint density at radius 2 is 1.62 bits per heavy atom. The second-order valence-corrected chi connectivity index (χ2v) is 8.65. The normalized spacial score (nSPS) is 10.9. The smallest absolute Gasteiger partial charge is 0.271 e. The predicted molar refractivity (Wildman–Crippen MR) is 119 cm³/mol. The van der Waals surface area contributed by atoms with Crippen molar-refractivity contribution in [1.82, 2.24) is 0 Å². The molecule has 0 aromatic heterocycles. The van der Waals surface area contributed by atoms with Crippen LogP contribution >= 0.6 is 0 Å². The molecule has 0 heterocycles. The van der Waals surface area contributed by atoms with E-state index < -0.39 is 27.4 Å². The Morgan fingerprint density at radius 1 is 0.969 bits per heavy atom. The number of rotatable bonds is 8. The third-order valence-electron chi connectivity index (χ3n) is 4.52. The molecule has 32 heavy (non-hydrogen) atoms. The summed E-state index contributed by atoms with van der Waals surface area (Å²) in [5, 5.41) is 13.7. The number of hydrogen-bond donors (Lipinski definition) is 1. The lowest BCUT2D eigenvalue weighted by molar-refractivity contribution is -0.384. The third kappa shape index (κ3) is 5.16. The highest BCUT2D eigenvalue weighted by Crippen LogP contribution is 2.27. The van der Waals surface area contributed by atoms with Gasteiger partial charge < -0.3 is 5.32 Å². The maximum absolute atomic E-state index is 13.3. The topological polar surface area (TPSA) is 127 Å². The minimum atomic E-state index is -4.20. The van der Waals surface area contributed by atoms with Crippen molar-refractivity contribution < 1.29 is 22.9 Å². The van der Waals surface area contributed by atoms with Crippen LogP contribution < -0.4 is 9.62 Å². The number of nitrogens with zero attached hydrogens (tertiary/aromatic N) is 2. The minimum Gasteiger partial charge on any atom is -0.325 e. The van der Waals surface area contributed by atoms with Gasteiger partial charge in [0.1, 0.15) is 6.54 Å². The number of non-ortho nitro benzene ring substituents is 1. The van der Waals surface area contributed by atoms with Gasteiger partial charge in [-0.05, 0) is 49.4 Å². The van der Waals surface area contributed by atoms with E-state index in [2.05, 4.69) is 5.32 Å². The fraction of sp³-hybridized carbons (Fsp3) is 0.0909. The molecule has 0 unspecified atom stereocenters. The van der Waals surface area contributed by atoms with Crippen LogP contribution in [-0.2, 0) is 14.8 Å². The fourth-order valence-electron chi connectivity index (χ4n) is 2.92. The molecule has 0 aliphatic heterocycles. The van der Waals surface area contributed by atoms with Gasteiger partial charge >= 0.3 is 0 Å². The quantitative estimate of drug-likeness (QED) is 0.315. The van der Waals surface area contributed by atoms with E-state index in [9.17, 15) is 28.1 Å². The molecule has 164 valence electrons. The van der Waals surface area contributed by atoms with E-state index in [1.807, 2.05) is 0 Å². The van der Waals surface area contributed by atoms with Crippen LogP contribution in [0.3, 0.4) is 0 Å². The lowest BCUT2D eigenvalue weighted by Crippen LogP contribution is -2.38. The number of carbonyl (C=O) groups excluding carboxylic acids is 2. The summed E-state index contributed by atoms with van der Waals surface area (Å²) in [6.45, 7) is 0.797. The van der Waals surface area contributed by atoms with E-state index >= 15 is 0 Å². The third-order valence-corrected chi connectivity index (χ3v) is 6.31. The van der Waals surface area contributed by atoms with Crippen LogP contribution in [0, 0.1) is 10.1 Å². The summed E-state index contributed by atoms with van der Waals surface area (Å²) in [7, 11) is -4.20. The minimum absolute atomic E-state index is 0.0230. The highest BCUT2D eigenvalue weighted by molar-refractivity contribution is 7.92. The molecule has 10 heteroatoms. The van der Waals surface area contributed by atoms with E-state index in [1.165, 1.54) is 73.7 Å². The van der Waals surface area contributed by atoms with Gasteiger partial charge in [-0.2, -0.15) is 0 Å². The zero-order valence-electron chi connectivity index (χ0n) is 17.0. The molecule has 3 aromatic carbocycles. The summed E-state index contributed by atoms with van der Waals surface area (Å²) < 4.78 is 27.3. The Kier molecular flexibility index (Phi) is 6.64. The van der Waals surface area contributed by atoms with Crippen LogP contribution in [0.2, 0.25) is 0 Å². The first-order valence-electron chi connectivity index (χ1n) is 9.41. The van der Waals surface area contributed by atoms with Gasteiger partial charge in [0.2, 0.25) is 5.91 Å². The van der Waals surface area contributed by atoms with Crippen molar-refractivity contribution >= 4 is 38.8 Å². The van der Waals surface area contributed by atoms with Crippen LogP contribution in [0.5, 0.6) is 0 Å². The maximum atomic E-state index is 13.3. The molecule has 0 aliphatic carbocycles. The Hall–Kier alpha value is -4.05. The number of nitro groups is 1. The Balaban J connectivity index is 1.94. The predicted octanol–water partition coefficient (Wildman–Crippen LogP) is 3.63. The van der Waals surface area contributed by atoms with E-state index in [4.69, 9.17) is 0 Å². The lowest BCUT2D eigenvalue weighted by atomic mass is 10.1. The molecule has 3 aromatic rings. The molecule has 0 spiro atoms. The average Bonchev–Trinajstić information content (AvgIpc) is 2.78. The number of Topliss-reactive ketones (excluding diaryl/α,β-unsaturated/α-hetero) is 1. The van der Waals surface area contributed by atoms with E-state index in [0.717, 1.165) is 10.4 Å². The van der Waals surface area contributed by atoms with Gasteiger partial charge in [-0.15, -0.1) is 0 Å². The van der Waals surface area contributed by atoms with Crippen LogP contribution in [0.1, 0.15) is 17.3 Å². The number of nitro benzene ring substituents is 1. The largest absolute Gasteiger partial charge is 0.325 e. The van der Waals surface area contributed by atoms with Gasteiger partial charge in [0.25, 0.3) is 15.7 Å². The van der Waals surface area contributed by atoms with Crippen LogP contribution in [0.4, 0.5) is 17.1 Å². The number of nitrogens with one attached hydrogen (secondary N) is 1. The second kappa shape index (κ2) is 9.40. The van der Waals surface area contributed by atoms with Crippen LogP contribution in [0.25, 0.3) is 0 Å². The Labute approximate surface area is 184 Å². The summed E-state index contributed by atoms with van der Waals surface area (Å²) in [4.78, 5) is 34.5. The summed E-state index contributed by atoms with van der Waals surface area (Å²) in [5.41, 5.74) is 0.505. The molecule has 0 bridgehead atoms.